The number of aryl methyl sites for hydroxylation is 2. The summed E-state index contributed by atoms with van der Waals surface area (Å²) in [5.74, 6) is -0.793. The molecule has 0 unspecified atom stereocenters. The molecule has 1 atom stereocenters. The van der Waals surface area contributed by atoms with E-state index >= 15 is 0 Å². The molecule has 202 valence electrons. The van der Waals surface area contributed by atoms with Crippen molar-refractivity contribution in [1.82, 2.24) is 20.2 Å². The molecular formula is C30H27N5O3S2. The Kier molecular flexibility index (Phi) is 8.37. The fourth-order valence-corrected chi connectivity index (χ4v) is 6.26. The van der Waals surface area contributed by atoms with Crippen molar-refractivity contribution in [2.45, 2.75) is 31.2 Å². The molecular weight excluding hydrogens is 542 g/mol. The Bertz CT molecular complexity index is 1630. The zero-order chi connectivity index (χ0) is 28.1. The van der Waals surface area contributed by atoms with Crippen LogP contribution in [-0.4, -0.2) is 38.7 Å². The Morgan fingerprint density at radius 3 is 2.45 bits per heavy atom. The molecule has 0 aliphatic carbocycles. The molecule has 0 fully saturated rings. The van der Waals surface area contributed by atoms with Crippen molar-refractivity contribution in [1.29, 1.82) is 0 Å². The average molecular weight is 570 g/mol. The van der Waals surface area contributed by atoms with Gasteiger partial charge < -0.3 is 10.1 Å². The first-order valence-electron chi connectivity index (χ1n) is 12.7. The highest BCUT2D eigenvalue weighted by molar-refractivity contribution is 8.00. The Morgan fingerprint density at radius 1 is 1.02 bits per heavy atom. The van der Waals surface area contributed by atoms with Gasteiger partial charge in [0.1, 0.15) is 15.8 Å². The van der Waals surface area contributed by atoms with Gasteiger partial charge in [-0.25, -0.2) is 4.79 Å². The number of thioether (sulfide) groups is 1. The minimum absolute atomic E-state index is 0.222. The molecule has 0 bridgehead atoms. The normalized spacial score (nSPS) is 11.7. The van der Waals surface area contributed by atoms with E-state index in [4.69, 9.17) is 4.74 Å². The number of amides is 1. The van der Waals surface area contributed by atoms with E-state index in [1.807, 2.05) is 92.0 Å². The zero-order valence-corrected chi connectivity index (χ0v) is 23.8. The lowest BCUT2D eigenvalue weighted by molar-refractivity contribution is -0.115. The van der Waals surface area contributed by atoms with Gasteiger partial charge in [0, 0.05) is 10.9 Å². The van der Waals surface area contributed by atoms with Crippen molar-refractivity contribution in [2.24, 2.45) is 0 Å². The maximum Gasteiger partial charge on any atom is 0.341 e. The summed E-state index contributed by atoms with van der Waals surface area (Å²) in [6.07, 6.45) is 0. The minimum atomic E-state index is -0.700. The van der Waals surface area contributed by atoms with E-state index in [0.29, 0.717) is 21.3 Å². The largest absolute Gasteiger partial charge is 0.462 e. The third-order valence-corrected chi connectivity index (χ3v) is 8.26. The molecule has 10 heteroatoms. The van der Waals surface area contributed by atoms with E-state index in [0.717, 1.165) is 27.9 Å². The Morgan fingerprint density at radius 2 is 1.75 bits per heavy atom. The monoisotopic (exact) mass is 569 g/mol. The van der Waals surface area contributed by atoms with Crippen molar-refractivity contribution < 1.29 is 14.3 Å². The highest BCUT2D eigenvalue weighted by Crippen LogP contribution is 2.40. The molecule has 0 aliphatic heterocycles. The first-order chi connectivity index (χ1) is 19.5. The number of ether oxygens (including phenoxy) is 1. The Hall–Kier alpha value is -4.28. The van der Waals surface area contributed by atoms with Gasteiger partial charge in [0.25, 0.3) is 0 Å². The van der Waals surface area contributed by atoms with Crippen LogP contribution in [0.4, 0.5) is 5.00 Å². The summed E-state index contributed by atoms with van der Waals surface area (Å²) in [5.41, 5.74) is 5.67. The standard InChI is InChI=1S/C30H27N5O3S2/c1-4-38-29(37)25-23(21-11-7-5-8-12-21)18-39-28(25)31-27(36)26(22-13-9-6-10-14-22)40-30-32-33-34-35(30)24-16-15-19(2)17-20(24)3/h5-18,26H,4H2,1-3H3,(H,31,36)/t26-/m1/s1. The quantitative estimate of drug-likeness (QED) is 0.157. The summed E-state index contributed by atoms with van der Waals surface area (Å²) in [5, 5.41) is 17.4. The van der Waals surface area contributed by atoms with Crippen molar-refractivity contribution in [3.63, 3.8) is 0 Å². The summed E-state index contributed by atoms with van der Waals surface area (Å²) in [6, 6.07) is 25.0. The van der Waals surface area contributed by atoms with Crippen LogP contribution in [0.25, 0.3) is 16.8 Å². The lowest BCUT2D eigenvalue weighted by Gasteiger charge is -2.17. The van der Waals surface area contributed by atoms with Crippen molar-refractivity contribution in [3.05, 3.63) is 106 Å². The molecule has 0 spiro atoms. The number of thiophene rings is 1. The van der Waals surface area contributed by atoms with E-state index in [1.165, 1.54) is 23.1 Å². The number of anilines is 1. The summed E-state index contributed by atoms with van der Waals surface area (Å²) >= 11 is 2.53. The highest BCUT2D eigenvalue weighted by atomic mass is 32.2. The molecule has 8 nitrogen and oxygen atoms in total. The van der Waals surface area contributed by atoms with E-state index in [-0.39, 0.29) is 12.5 Å². The van der Waals surface area contributed by atoms with Crippen LogP contribution in [0.3, 0.4) is 0 Å². The Balaban J connectivity index is 1.50. The fourth-order valence-electron chi connectivity index (χ4n) is 4.32. The molecule has 0 saturated heterocycles. The summed E-state index contributed by atoms with van der Waals surface area (Å²) in [6.45, 7) is 6.00. The molecule has 5 rings (SSSR count). The molecule has 0 saturated carbocycles. The van der Waals surface area contributed by atoms with Gasteiger partial charge in [-0.1, -0.05) is 90.1 Å². The summed E-state index contributed by atoms with van der Waals surface area (Å²) in [7, 11) is 0. The number of nitrogens with zero attached hydrogens (tertiary/aromatic N) is 4. The molecule has 2 heterocycles. The number of aromatic nitrogens is 4. The van der Waals surface area contributed by atoms with Gasteiger partial charge in [0.05, 0.1) is 12.3 Å². The maximum atomic E-state index is 13.9. The van der Waals surface area contributed by atoms with Gasteiger partial charge in [0.2, 0.25) is 11.1 Å². The predicted octanol–water partition coefficient (Wildman–Crippen LogP) is 6.66. The molecule has 1 N–H and O–H groups in total. The van der Waals surface area contributed by atoms with Crippen molar-refractivity contribution in [2.75, 3.05) is 11.9 Å². The van der Waals surface area contributed by atoms with Gasteiger partial charge in [-0.2, -0.15) is 4.68 Å². The number of carbonyl (C=O) groups excluding carboxylic acids is 2. The van der Waals surface area contributed by atoms with Crippen LogP contribution in [0.1, 0.15) is 39.2 Å². The third-order valence-electron chi connectivity index (χ3n) is 6.18. The topological polar surface area (TPSA) is 99.0 Å². The molecule has 40 heavy (non-hydrogen) atoms. The van der Waals surface area contributed by atoms with E-state index < -0.39 is 11.2 Å². The first-order valence-corrected chi connectivity index (χ1v) is 14.4. The van der Waals surface area contributed by atoms with Crippen LogP contribution in [0.5, 0.6) is 0 Å². The molecule has 3 aromatic carbocycles. The number of rotatable bonds is 9. The number of esters is 1. The number of tetrazole rings is 1. The van der Waals surface area contributed by atoms with Gasteiger partial charge >= 0.3 is 5.97 Å². The van der Waals surface area contributed by atoms with E-state index in [9.17, 15) is 9.59 Å². The Labute approximate surface area is 240 Å². The average Bonchev–Trinajstić information content (AvgIpc) is 3.60. The van der Waals surface area contributed by atoms with Gasteiger partial charge in [0.15, 0.2) is 0 Å². The second kappa shape index (κ2) is 12.3. The number of hydrogen-bond donors (Lipinski definition) is 1. The second-order valence-corrected chi connectivity index (χ2v) is 11.0. The van der Waals surface area contributed by atoms with Crippen molar-refractivity contribution >= 4 is 40.0 Å². The van der Waals surface area contributed by atoms with Crippen LogP contribution in [0.15, 0.2) is 89.4 Å². The number of hydrogen-bond acceptors (Lipinski definition) is 8. The number of benzene rings is 3. The lowest BCUT2D eigenvalue weighted by atomic mass is 10.0. The van der Waals surface area contributed by atoms with Gasteiger partial charge in [-0.3, -0.25) is 4.79 Å². The van der Waals surface area contributed by atoms with Crippen molar-refractivity contribution in [3.8, 4) is 16.8 Å². The van der Waals surface area contributed by atoms with Crippen LogP contribution < -0.4 is 5.32 Å². The van der Waals surface area contributed by atoms with Gasteiger partial charge in [-0.15, -0.1) is 16.4 Å². The van der Waals surface area contributed by atoms with Crippen LogP contribution in [-0.2, 0) is 9.53 Å². The molecule has 2 aromatic heterocycles. The summed E-state index contributed by atoms with van der Waals surface area (Å²) in [4.78, 5) is 27.0. The number of nitrogens with one attached hydrogen (secondary N) is 1. The van der Waals surface area contributed by atoms with E-state index in [1.54, 1.807) is 11.6 Å². The third kappa shape index (κ3) is 5.83. The molecule has 0 radical (unpaired) electrons. The lowest BCUT2D eigenvalue weighted by Crippen LogP contribution is -2.20. The highest BCUT2D eigenvalue weighted by Gasteiger charge is 2.29. The SMILES string of the molecule is CCOC(=O)c1c(-c2ccccc2)csc1NC(=O)[C@H](Sc1nnnn1-c1ccc(C)cc1C)c1ccccc1. The van der Waals surface area contributed by atoms with E-state index in [2.05, 4.69) is 26.9 Å². The second-order valence-electron chi connectivity index (χ2n) is 9.00. The predicted molar refractivity (Wildman–Crippen MR) is 158 cm³/mol. The number of carbonyl (C=O) groups is 2. The molecule has 5 aromatic rings. The fraction of sp³-hybridized carbons (Fsp3) is 0.167. The maximum absolute atomic E-state index is 13.9. The molecule has 0 aliphatic rings. The van der Waals surface area contributed by atoms with Crippen LogP contribution >= 0.6 is 23.1 Å². The molecule has 1 amide bonds. The minimum Gasteiger partial charge on any atom is -0.462 e. The first kappa shape index (κ1) is 27.3. The zero-order valence-electron chi connectivity index (χ0n) is 22.2. The van der Waals surface area contributed by atoms with Crippen LogP contribution in [0, 0.1) is 13.8 Å². The van der Waals surface area contributed by atoms with Gasteiger partial charge in [-0.05, 0) is 54.0 Å². The van der Waals surface area contributed by atoms with Crippen LogP contribution in [0.2, 0.25) is 0 Å². The summed E-state index contributed by atoms with van der Waals surface area (Å²) < 4.78 is 7.01. The smallest absolute Gasteiger partial charge is 0.341 e.